The second-order valence-corrected chi connectivity index (χ2v) is 14.6. The van der Waals surface area contributed by atoms with Crippen molar-refractivity contribution in [1.82, 2.24) is 19.9 Å². The van der Waals surface area contributed by atoms with Gasteiger partial charge in [-0.25, -0.2) is 9.97 Å². The minimum Gasteiger partial charge on any atom is -0.264 e. The summed E-state index contributed by atoms with van der Waals surface area (Å²) in [5, 5.41) is 14.3. The minimum atomic E-state index is 0.615. The van der Waals surface area contributed by atoms with Gasteiger partial charge in [-0.2, -0.15) is 0 Å². The average Bonchev–Trinajstić information content (AvgIpc) is 3.31. The highest BCUT2D eigenvalue weighted by atomic mass is 14.9. The van der Waals surface area contributed by atoms with Crippen LogP contribution in [0.4, 0.5) is 0 Å². The van der Waals surface area contributed by atoms with Crippen LogP contribution in [0.3, 0.4) is 0 Å². The minimum absolute atomic E-state index is 0.615. The van der Waals surface area contributed by atoms with E-state index in [1.165, 1.54) is 53.9 Å². The van der Waals surface area contributed by atoms with Gasteiger partial charge < -0.3 is 0 Å². The van der Waals surface area contributed by atoms with E-state index in [0.29, 0.717) is 5.82 Å². The zero-order valence-corrected chi connectivity index (χ0v) is 31.4. The quantitative estimate of drug-likeness (QED) is 0.180. The molecule has 4 nitrogen and oxygen atoms in total. The Labute approximate surface area is 335 Å². The van der Waals surface area contributed by atoms with Crippen LogP contribution in [0.5, 0.6) is 0 Å². The van der Waals surface area contributed by atoms with Crippen molar-refractivity contribution in [1.29, 1.82) is 0 Å². The van der Waals surface area contributed by atoms with E-state index in [-0.39, 0.29) is 0 Å². The fourth-order valence-corrected chi connectivity index (χ4v) is 8.40. The zero-order valence-electron chi connectivity index (χ0n) is 31.4. The lowest BCUT2D eigenvalue weighted by Crippen LogP contribution is -1.97. The summed E-state index contributed by atoms with van der Waals surface area (Å²) >= 11 is 0. The van der Waals surface area contributed by atoms with E-state index in [4.69, 9.17) is 15.0 Å². The first-order valence-corrected chi connectivity index (χ1v) is 19.5. The largest absolute Gasteiger partial charge is 0.264 e. The van der Waals surface area contributed by atoms with E-state index in [2.05, 4.69) is 151 Å². The van der Waals surface area contributed by atoms with Crippen LogP contribution in [0.25, 0.3) is 110 Å². The lowest BCUT2D eigenvalue weighted by Gasteiger charge is -2.13. The highest BCUT2D eigenvalue weighted by Crippen LogP contribution is 2.39. The van der Waals surface area contributed by atoms with Crippen molar-refractivity contribution in [2.75, 3.05) is 0 Å². The second-order valence-electron chi connectivity index (χ2n) is 14.6. The molecule has 270 valence electrons. The van der Waals surface area contributed by atoms with Crippen molar-refractivity contribution in [3.63, 3.8) is 0 Å². The zero-order chi connectivity index (χ0) is 38.4. The normalized spacial score (nSPS) is 11.4. The Balaban J connectivity index is 1.25. The van der Waals surface area contributed by atoms with E-state index < -0.39 is 0 Å². The number of aromatic nitrogens is 4. The van der Waals surface area contributed by atoms with Crippen LogP contribution < -0.4 is 0 Å². The van der Waals surface area contributed by atoms with Crippen molar-refractivity contribution < 1.29 is 0 Å². The summed E-state index contributed by atoms with van der Waals surface area (Å²) in [7, 11) is 0. The smallest absolute Gasteiger partial charge is 0.161 e. The van der Waals surface area contributed by atoms with E-state index in [1.54, 1.807) is 6.20 Å². The van der Waals surface area contributed by atoms with Crippen molar-refractivity contribution in [2.24, 2.45) is 0 Å². The number of nitrogens with zero attached hydrogens (tertiary/aromatic N) is 4. The molecule has 4 heteroatoms. The molecule has 0 saturated carbocycles. The molecule has 3 heterocycles. The van der Waals surface area contributed by atoms with Gasteiger partial charge in [0, 0.05) is 40.8 Å². The fraction of sp³-hybridized carbons (Fsp3) is 0. The highest BCUT2D eigenvalue weighted by Gasteiger charge is 2.15. The Morgan fingerprint density at radius 1 is 0.276 bits per heavy atom. The summed E-state index contributed by atoms with van der Waals surface area (Å²) in [5.74, 6) is 0.615. The highest BCUT2D eigenvalue weighted by molar-refractivity contribution is 6.27. The third-order valence-corrected chi connectivity index (χ3v) is 11.2. The number of hydrogen-bond donors (Lipinski definition) is 0. The van der Waals surface area contributed by atoms with Crippen molar-refractivity contribution >= 4 is 64.6 Å². The molecule has 8 aromatic carbocycles. The molecule has 0 aliphatic heterocycles. The third-order valence-electron chi connectivity index (χ3n) is 11.2. The summed E-state index contributed by atoms with van der Waals surface area (Å²) in [6.45, 7) is 0. The summed E-state index contributed by atoms with van der Waals surface area (Å²) < 4.78 is 0. The molecule has 0 aliphatic carbocycles. The van der Waals surface area contributed by atoms with Gasteiger partial charge in [0.05, 0.1) is 17.1 Å². The summed E-state index contributed by atoms with van der Waals surface area (Å²) in [4.78, 5) is 19.5. The number of benzene rings is 7. The molecule has 58 heavy (non-hydrogen) atoms. The molecule has 0 unspecified atom stereocenters. The molecule has 11 aromatic rings. The van der Waals surface area contributed by atoms with Crippen molar-refractivity contribution in [3.05, 3.63) is 207 Å². The van der Waals surface area contributed by atoms with Gasteiger partial charge in [0.25, 0.3) is 0 Å². The number of rotatable bonds is 4. The molecule has 3 aromatic heterocycles. The molecule has 0 N–H and O–H groups in total. The maximum absolute atomic E-state index is 5.28. The standard InChI is InChI=1S/C54H34N4/c1-2-13-35(14-3-1)52-32-53(58-54(57-52)40-25-27-51(56-34-40)39-17-12-28-55-33-39)38-24-26-47-45-22-9-8-20-43(45)41-18-6-7-19-42(41)44-21-10-11-23-46(44)48-29-36-15-4-5-16-37(36)30-50(48)49(47)31-38/h1-34H. The molecule has 0 aliphatic rings. The third kappa shape index (κ3) is 5.87. The Bertz CT molecular complexity index is 3430. The summed E-state index contributed by atoms with van der Waals surface area (Å²) in [6.07, 6.45) is 5.46. The van der Waals surface area contributed by atoms with Gasteiger partial charge in [-0.3, -0.25) is 9.97 Å². The van der Waals surface area contributed by atoms with Crippen molar-refractivity contribution in [3.8, 4) is 45.2 Å². The maximum atomic E-state index is 5.28. The Kier molecular flexibility index (Phi) is 8.11. The Hall–Kier alpha value is -7.82. The van der Waals surface area contributed by atoms with Gasteiger partial charge in [0.1, 0.15) is 0 Å². The Morgan fingerprint density at radius 3 is 1.33 bits per heavy atom. The second kappa shape index (κ2) is 14.0. The van der Waals surface area contributed by atoms with Gasteiger partial charge in [-0.1, -0.05) is 140 Å². The van der Waals surface area contributed by atoms with Crippen LogP contribution in [-0.4, -0.2) is 19.9 Å². The average molecular weight is 739 g/mol. The van der Waals surface area contributed by atoms with Gasteiger partial charge in [0.15, 0.2) is 5.82 Å². The molecule has 0 saturated heterocycles. The molecular formula is C54H34N4. The van der Waals surface area contributed by atoms with Gasteiger partial charge >= 0.3 is 0 Å². The lowest BCUT2D eigenvalue weighted by molar-refractivity contribution is 1.17. The molecule has 11 rings (SSSR count). The van der Waals surface area contributed by atoms with E-state index in [9.17, 15) is 0 Å². The molecular weight excluding hydrogens is 705 g/mol. The maximum Gasteiger partial charge on any atom is 0.161 e. The molecule has 0 amide bonds. The topological polar surface area (TPSA) is 51.6 Å². The monoisotopic (exact) mass is 738 g/mol. The molecule has 0 bridgehead atoms. The molecule has 0 fully saturated rings. The first-order chi connectivity index (χ1) is 28.7. The number of pyridine rings is 2. The van der Waals surface area contributed by atoms with E-state index in [1.807, 2.05) is 54.9 Å². The van der Waals surface area contributed by atoms with Gasteiger partial charge in [-0.15, -0.1) is 0 Å². The van der Waals surface area contributed by atoms with Crippen LogP contribution in [0.15, 0.2) is 207 Å². The van der Waals surface area contributed by atoms with E-state index >= 15 is 0 Å². The van der Waals surface area contributed by atoms with Gasteiger partial charge in [0.2, 0.25) is 0 Å². The fourth-order valence-electron chi connectivity index (χ4n) is 8.40. The van der Waals surface area contributed by atoms with Gasteiger partial charge in [-0.05, 0) is 113 Å². The first-order valence-electron chi connectivity index (χ1n) is 19.5. The molecule has 0 spiro atoms. The SMILES string of the molecule is c1ccc(-c2cc(-c3ccc4c5ccccc5c5ccccc5c5ccccc5c5cc6ccccc6cc5c4c3)nc(-c3ccc(-c4cccnc4)nc3)n2)cc1. The Morgan fingerprint density at radius 2 is 0.759 bits per heavy atom. The lowest BCUT2D eigenvalue weighted by atomic mass is 9.92. The van der Waals surface area contributed by atoms with Crippen LogP contribution in [-0.2, 0) is 0 Å². The summed E-state index contributed by atoms with van der Waals surface area (Å²) in [6, 6.07) is 67.1. The number of fused-ring (bicyclic) bond motifs is 11. The van der Waals surface area contributed by atoms with Crippen LogP contribution in [0.1, 0.15) is 0 Å². The van der Waals surface area contributed by atoms with Crippen LogP contribution in [0.2, 0.25) is 0 Å². The molecule has 0 radical (unpaired) electrons. The number of hydrogen-bond acceptors (Lipinski definition) is 4. The predicted octanol–water partition coefficient (Wildman–Crippen LogP) is 14.0. The summed E-state index contributed by atoms with van der Waals surface area (Å²) in [5.41, 5.74) is 6.35. The first kappa shape index (κ1) is 33.5. The van der Waals surface area contributed by atoms with E-state index in [0.717, 1.165) is 50.1 Å². The van der Waals surface area contributed by atoms with Crippen LogP contribution >= 0.6 is 0 Å². The van der Waals surface area contributed by atoms with Crippen molar-refractivity contribution in [2.45, 2.75) is 0 Å². The predicted molar refractivity (Wildman–Crippen MR) is 242 cm³/mol. The molecule has 0 atom stereocenters. The van der Waals surface area contributed by atoms with Crippen LogP contribution in [0, 0.1) is 0 Å².